The Morgan fingerprint density at radius 2 is 2.50 bits per heavy atom. The Balaban J connectivity index is 3.78. The van der Waals surface area contributed by atoms with Crippen LogP contribution in [-0.4, -0.2) is 16.1 Å². The van der Waals surface area contributed by atoms with Gasteiger partial charge >= 0.3 is 0 Å². The molecule has 0 heterocycles. The van der Waals surface area contributed by atoms with Crippen molar-refractivity contribution >= 4 is 34.8 Å². The molecule has 0 aliphatic heterocycles. The molecule has 1 unspecified atom stereocenters. The summed E-state index contributed by atoms with van der Waals surface area (Å²) >= 11 is 2.13. The van der Waals surface area contributed by atoms with Crippen LogP contribution in [0.5, 0.6) is 0 Å². The Morgan fingerprint density at radius 3 is 2.62 bits per heavy atom. The summed E-state index contributed by atoms with van der Waals surface area (Å²) in [6.45, 7) is 1.92. The van der Waals surface area contributed by atoms with E-state index in [1.54, 1.807) is 0 Å². The molecule has 0 aromatic carbocycles. The number of nitrogens with two attached hydrogens (primary N) is 1. The van der Waals surface area contributed by atoms with Gasteiger partial charge in [0.15, 0.2) is 0 Å². The fourth-order valence-corrected chi connectivity index (χ4v) is 0.338. The Hall–Kier alpha value is -0.130. The van der Waals surface area contributed by atoms with E-state index in [1.165, 1.54) is 0 Å². The van der Waals surface area contributed by atoms with Crippen molar-refractivity contribution in [2.24, 2.45) is 10.7 Å². The van der Waals surface area contributed by atoms with E-state index in [0.717, 1.165) is 6.34 Å². The largest absolute Gasteiger partial charge is 0.386 e. The first-order chi connectivity index (χ1) is 3.68. The van der Waals surface area contributed by atoms with Crippen molar-refractivity contribution in [3.8, 4) is 0 Å². The highest BCUT2D eigenvalue weighted by molar-refractivity contribution is 14.1. The van der Waals surface area contributed by atoms with Crippen molar-refractivity contribution in [2.45, 2.75) is 10.8 Å². The fraction of sp³-hybridized carbons (Fsp3) is 0.500. The highest BCUT2D eigenvalue weighted by Crippen LogP contribution is 1.96. The molecule has 0 aromatic heterocycles. The molecule has 0 aliphatic carbocycles. The highest BCUT2D eigenvalue weighted by atomic mass is 127. The molecule has 0 bridgehead atoms. The third-order valence-corrected chi connectivity index (χ3v) is 1.26. The monoisotopic (exact) mass is 225 g/mol. The van der Waals surface area contributed by atoms with Crippen LogP contribution in [-0.2, 0) is 0 Å². The fourth-order valence-electron chi connectivity index (χ4n) is 0.177. The SMILES string of the molecule is CC(I)C(N)=NC=N. The molecule has 0 saturated carbocycles. The molecule has 3 N–H and O–H groups in total. The summed E-state index contributed by atoms with van der Waals surface area (Å²) in [5.74, 6) is 0.501. The molecule has 1 atom stereocenters. The maximum atomic E-state index is 6.53. The lowest BCUT2D eigenvalue weighted by Gasteiger charge is -1.96. The van der Waals surface area contributed by atoms with Gasteiger partial charge in [0.2, 0.25) is 0 Å². The van der Waals surface area contributed by atoms with Crippen LogP contribution in [0.15, 0.2) is 4.99 Å². The van der Waals surface area contributed by atoms with Gasteiger partial charge in [-0.3, -0.25) is 5.41 Å². The number of hydrogen-bond acceptors (Lipinski definition) is 1. The van der Waals surface area contributed by atoms with E-state index < -0.39 is 0 Å². The van der Waals surface area contributed by atoms with Crippen LogP contribution >= 0.6 is 22.6 Å². The van der Waals surface area contributed by atoms with E-state index in [1.807, 2.05) is 6.92 Å². The van der Waals surface area contributed by atoms with Gasteiger partial charge in [0, 0.05) is 0 Å². The molecule has 0 rings (SSSR count). The summed E-state index contributed by atoms with van der Waals surface area (Å²) in [5.41, 5.74) is 5.32. The van der Waals surface area contributed by atoms with E-state index in [-0.39, 0.29) is 3.92 Å². The molecule has 8 heavy (non-hydrogen) atoms. The lowest BCUT2D eigenvalue weighted by Crippen LogP contribution is -2.20. The Bertz CT molecular complexity index is 108. The van der Waals surface area contributed by atoms with Crippen LogP contribution in [0.25, 0.3) is 0 Å². The predicted molar refractivity (Wildman–Crippen MR) is 43.9 cm³/mol. The third-order valence-electron chi connectivity index (χ3n) is 0.621. The average Bonchev–Trinajstić information content (AvgIpc) is 1.67. The van der Waals surface area contributed by atoms with Gasteiger partial charge in [-0.2, -0.15) is 0 Å². The molecular formula is C4H8IN3. The summed E-state index contributed by atoms with van der Waals surface area (Å²) in [4.78, 5) is 3.55. The van der Waals surface area contributed by atoms with Gasteiger partial charge in [-0.15, -0.1) is 0 Å². The van der Waals surface area contributed by atoms with Crippen LogP contribution in [0.1, 0.15) is 6.92 Å². The van der Waals surface area contributed by atoms with Crippen LogP contribution in [0.4, 0.5) is 0 Å². The number of rotatable bonds is 2. The lowest BCUT2D eigenvalue weighted by molar-refractivity contribution is 1.31. The number of hydrogen-bond donors (Lipinski definition) is 2. The van der Waals surface area contributed by atoms with Crippen LogP contribution in [0, 0.1) is 5.41 Å². The molecule has 46 valence electrons. The molecule has 0 aliphatic rings. The maximum Gasteiger partial charge on any atom is 0.113 e. The minimum atomic E-state index is 0.217. The second kappa shape index (κ2) is 3.82. The second-order valence-corrected chi connectivity index (χ2v) is 3.17. The first-order valence-corrected chi connectivity index (χ1v) is 3.39. The van der Waals surface area contributed by atoms with Crippen molar-refractivity contribution in [2.75, 3.05) is 0 Å². The molecule has 0 saturated heterocycles. The van der Waals surface area contributed by atoms with Crippen molar-refractivity contribution in [3.63, 3.8) is 0 Å². The van der Waals surface area contributed by atoms with Crippen LogP contribution in [0.3, 0.4) is 0 Å². The summed E-state index contributed by atoms with van der Waals surface area (Å²) in [6, 6.07) is 0. The standard InChI is InChI=1S/C4H8IN3/c1-3(5)4(7)8-2-6/h2-3H,1H3,(H3,6,7,8). The number of halogens is 1. The van der Waals surface area contributed by atoms with Crippen LogP contribution in [0.2, 0.25) is 0 Å². The van der Waals surface area contributed by atoms with E-state index in [4.69, 9.17) is 11.1 Å². The van der Waals surface area contributed by atoms with Gasteiger partial charge in [0.1, 0.15) is 12.2 Å². The Labute approximate surface area is 62.0 Å². The third kappa shape index (κ3) is 2.95. The smallest absolute Gasteiger partial charge is 0.113 e. The second-order valence-electron chi connectivity index (χ2n) is 1.30. The van der Waals surface area contributed by atoms with Gasteiger partial charge in [0.25, 0.3) is 0 Å². The minimum Gasteiger partial charge on any atom is -0.386 e. The number of amidine groups is 1. The quantitative estimate of drug-likeness (QED) is 0.310. The molecule has 0 radical (unpaired) electrons. The topological polar surface area (TPSA) is 62.2 Å². The van der Waals surface area contributed by atoms with Gasteiger partial charge in [-0.1, -0.05) is 22.6 Å². The van der Waals surface area contributed by atoms with Crippen molar-refractivity contribution in [1.82, 2.24) is 0 Å². The lowest BCUT2D eigenvalue weighted by atomic mass is 10.5. The first-order valence-electron chi connectivity index (χ1n) is 2.14. The molecule has 0 spiro atoms. The van der Waals surface area contributed by atoms with Crippen LogP contribution < -0.4 is 5.73 Å². The zero-order chi connectivity index (χ0) is 6.57. The average molecular weight is 225 g/mol. The highest BCUT2D eigenvalue weighted by Gasteiger charge is 1.96. The molecule has 0 fully saturated rings. The van der Waals surface area contributed by atoms with Crippen molar-refractivity contribution in [1.29, 1.82) is 5.41 Å². The normalized spacial score (nSPS) is 15.5. The summed E-state index contributed by atoms with van der Waals surface area (Å²) in [7, 11) is 0. The minimum absolute atomic E-state index is 0.217. The summed E-state index contributed by atoms with van der Waals surface area (Å²) in [6.07, 6.45) is 0.949. The van der Waals surface area contributed by atoms with E-state index in [2.05, 4.69) is 27.6 Å². The summed E-state index contributed by atoms with van der Waals surface area (Å²) < 4.78 is 0.217. The number of nitrogens with one attached hydrogen (secondary N) is 1. The molecule has 0 aromatic rings. The van der Waals surface area contributed by atoms with Gasteiger partial charge in [-0.05, 0) is 6.92 Å². The van der Waals surface area contributed by atoms with Gasteiger partial charge in [0.05, 0.1) is 3.92 Å². The van der Waals surface area contributed by atoms with E-state index >= 15 is 0 Å². The Kier molecular flexibility index (Phi) is 3.76. The zero-order valence-corrected chi connectivity index (χ0v) is 6.71. The number of alkyl halides is 1. The number of aliphatic imine (C=N–C) groups is 1. The number of nitrogens with zero attached hydrogens (tertiary/aromatic N) is 1. The zero-order valence-electron chi connectivity index (χ0n) is 4.56. The van der Waals surface area contributed by atoms with E-state index in [0.29, 0.717) is 5.84 Å². The Morgan fingerprint density at radius 1 is 2.00 bits per heavy atom. The summed E-state index contributed by atoms with van der Waals surface area (Å²) in [5, 5.41) is 6.53. The molecule has 0 amide bonds. The van der Waals surface area contributed by atoms with Crippen molar-refractivity contribution < 1.29 is 0 Å². The first kappa shape index (κ1) is 7.87. The molecular weight excluding hydrogens is 217 g/mol. The van der Waals surface area contributed by atoms with Crippen molar-refractivity contribution in [3.05, 3.63) is 0 Å². The van der Waals surface area contributed by atoms with E-state index in [9.17, 15) is 0 Å². The van der Waals surface area contributed by atoms with Gasteiger partial charge < -0.3 is 5.73 Å². The van der Waals surface area contributed by atoms with Gasteiger partial charge in [-0.25, -0.2) is 4.99 Å². The predicted octanol–water partition coefficient (Wildman–Crippen LogP) is 0.774. The molecule has 4 heteroatoms. The maximum absolute atomic E-state index is 6.53. The molecule has 3 nitrogen and oxygen atoms in total.